The number of methoxy groups -OCH3 is 1. The fraction of sp³-hybridized carbons (Fsp3) is 0.350. The summed E-state index contributed by atoms with van der Waals surface area (Å²) < 4.78 is 37.7. The number of hydrogen-bond acceptors (Lipinski definition) is 5. The molecule has 1 amide bonds. The Balaban J connectivity index is 1.91. The predicted molar refractivity (Wildman–Crippen MR) is 106 cm³/mol. The zero-order valence-electron chi connectivity index (χ0n) is 16.2. The van der Waals surface area contributed by atoms with E-state index in [0.717, 1.165) is 5.56 Å². The molecule has 28 heavy (non-hydrogen) atoms. The highest BCUT2D eigenvalue weighted by molar-refractivity contribution is 7.92. The smallest absolute Gasteiger partial charge is 0.264 e. The van der Waals surface area contributed by atoms with Crippen LogP contribution in [0, 0.1) is 6.92 Å². The molecule has 0 atom stereocenters. The van der Waals surface area contributed by atoms with Gasteiger partial charge in [0, 0.05) is 25.7 Å². The van der Waals surface area contributed by atoms with Crippen molar-refractivity contribution in [2.75, 3.05) is 44.8 Å². The molecule has 1 saturated heterocycles. The Morgan fingerprint density at radius 3 is 2.36 bits per heavy atom. The van der Waals surface area contributed by atoms with Gasteiger partial charge in [-0.05, 0) is 48.9 Å². The normalized spacial score (nSPS) is 14.6. The van der Waals surface area contributed by atoms with Crippen molar-refractivity contribution in [3.05, 3.63) is 53.6 Å². The Labute approximate surface area is 165 Å². The van der Waals surface area contributed by atoms with E-state index < -0.39 is 10.0 Å². The first-order valence-electron chi connectivity index (χ1n) is 8.95. The summed E-state index contributed by atoms with van der Waals surface area (Å²) in [4.78, 5) is 14.6. The standard InChI is InChI=1S/C20H24N2O5S/c1-15-4-5-16(20(23)22-10-12-27-13-11-22)14-19(15)21(2)28(24,25)18-8-6-17(26-3)7-9-18/h4-9,14H,10-13H2,1-3H3. The molecule has 0 saturated carbocycles. The van der Waals surface area contributed by atoms with Crippen LogP contribution >= 0.6 is 0 Å². The van der Waals surface area contributed by atoms with E-state index >= 15 is 0 Å². The minimum atomic E-state index is -3.77. The first-order chi connectivity index (χ1) is 13.3. The van der Waals surface area contributed by atoms with Gasteiger partial charge in [0.15, 0.2) is 0 Å². The average molecular weight is 404 g/mol. The molecule has 1 aliphatic heterocycles. The molecule has 0 aliphatic carbocycles. The van der Waals surface area contributed by atoms with E-state index in [4.69, 9.17) is 9.47 Å². The topological polar surface area (TPSA) is 76.2 Å². The molecule has 2 aromatic carbocycles. The molecule has 1 fully saturated rings. The number of morpholine rings is 1. The van der Waals surface area contributed by atoms with E-state index in [0.29, 0.717) is 43.3 Å². The number of nitrogens with zero attached hydrogens (tertiary/aromatic N) is 2. The molecule has 0 aromatic heterocycles. The van der Waals surface area contributed by atoms with Crippen LogP contribution in [0.5, 0.6) is 5.75 Å². The van der Waals surface area contributed by atoms with Crippen molar-refractivity contribution in [1.29, 1.82) is 0 Å². The van der Waals surface area contributed by atoms with Gasteiger partial charge in [-0.3, -0.25) is 9.10 Å². The van der Waals surface area contributed by atoms with Gasteiger partial charge in [0.2, 0.25) is 0 Å². The zero-order chi connectivity index (χ0) is 20.3. The van der Waals surface area contributed by atoms with E-state index in [1.807, 2.05) is 6.92 Å². The van der Waals surface area contributed by atoms with Gasteiger partial charge >= 0.3 is 0 Å². The van der Waals surface area contributed by atoms with Crippen LogP contribution in [0.4, 0.5) is 5.69 Å². The Morgan fingerprint density at radius 2 is 1.75 bits per heavy atom. The lowest BCUT2D eigenvalue weighted by molar-refractivity contribution is 0.0303. The number of sulfonamides is 1. The van der Waals surface area contributed by atoms with Gasteiger partial charge in [0.1, 0.15) is 5.75 Å². The third kappa shape index (κ3) is 3.98. The zero-order valence-corrected chi connectivity index (χ0v) is 17.0. The number of benzene rings is 2. The Morgan fingerprint density at radius 1 is 1.11 bits per heavy atom. The van der Waals surface area contributed by atoms with Crippen LogP contribution < -0.4 is 9.04 Å². The first-order valence-corrected chi connectivity index (χ1v) is 10.4. The minimum Gasteiger partial charge on any atom is -0.497 e. The summed E-state index contributed by atoms with van der Waals surface area (Å²) in [5.41, 5.74) is 1.69. The van der Waals surface area contributed by atoms with Crippen molar-refractivity contribution >= 4 is 21.6 Å². The predicted octanol–water partition coefficient (Wildman–Crippen LogP) is 2.30. The molecule has 150 valence electrons. The number of carbonyl (C=O) groups is 1. The Kier molecular flexibility index (Phi) is 5.90. The van der Waals surface area contributed by atoms with Crippen molar-refractivity contribution in [3.8, 4) is 5.75 Å². The van der Waals surface area contributed by atoms with E-state index in [1.54, 1.807) is 35.2 Å². The number of anilines is 1. The summed E-state index contributed by atoms with van der Waals surface area (Å²) in [7, 11) is -0.759. The van der Waals surface area contributed by atoms with Gasteiger partial charge in [-0.25, -0.2) is 8.42 Å². The summed E-state index contributed by atoms with van der Waals surface area (Å²) >= 11 is 0. The molecule has 7 nitrogen and oxygen atoms in total. The fourth-order valence-corrected chi connectivity index (χ4v) is 4.32. The van der Waals surface area contributed by atoms with Crippen LogP contribution in [0.2, 0.25) is 0 Å². The van der Waals surface area contributed by atoms with Crippen LogP contribution in [0.15, 0.2) is 47.4 Å². The second kappa shape index (κ2) is 8.20. The molecule has 0 bridgehead atoms. The van der Waals surface area contributed by atoms with Crippen LogP contribution in [-0.2, 0) is 14.8 Å². The lowest BCUT2D eigenvalue weighted by atomic mass is 10.1. The molecule has 1 aliphatic rings. The summed E-state index contributed by atoms with van der Waals surface area (Å²) in [6.45, 7) is 3.90. The van der Waals surface area contributed by atoms with Gasteiger partial charge in [-0.15, -0.1) is 0 Å². The maximum Gasteiger partial charge on any atom is 0.264 e. The summed E-state index contributed by atoms with van der Waals surface area (Å²) in [5, 5.41) is 0. The number of ether oxygens (including phenoxy) is 2. The quantitative estimate of drug-likeness (QED) is 0.764. The van der Waals surface area contributed by atoms with Gasteiger partial charge < -0.3 is 14.4 Å². The fourth-order valence-electron chi connectivity index (χ4n) is 3.07. The largest absolute Gasteiger partial charge is 0.497 e. The van der Waals surface area contributed by atoms with Crippen LogP contribution in [0.1, 0.15) is 15.9 Å². The lowest BCUT2D eigenvalue weighted by Crippen LogP contribution is -2.40. The molecule has 0 N–H and O–H groups in total. The van der Waals surface area contributed by atoms with Crippen molar-refractivity contribution in [1.82, 2.24) is 4.90 Å². The molecular weight excluding hydrogens is 380 g/mol. The number of aryl methyl sites for hydroxylation is 1. The molecule has 0 spiro atoms. The monoisotopic (exact) mass is 404 g/mol. The number of carbonyl (C=O) groups excluding carboxylic acids is 1. The highest BCUT2D eigenvalue weighted by atomic mass is 32.2. The summed E-state index contributed by atoms with van der Waals surface area (Å²) in [6, 6.07) is 11.3. The van der Waals surface area contributed by atoms with Crippen LogP contribution in [-0.4, -0.2) is 59.7 Å². The average Bonchev–Trinajstić information content (AvgIpc) is 2.73. The SMILES string of the molecule is COc1ccc(S(=O)(=O)N(C)c2cc(C(=O)N3CCOCC3)ccc2C)cc1. The molecule has 8 heteroatoms. The number of hydrogen-bond donors (Lipinski definition) is 0. The summed E-state index contributed by atoms with van der Waals surface area (Å²) in [6.07, 6.45) is 0. The molecular formula is C20H24N2O5S. The van der Waals surface area contributed by atoms with E-state index in [2.05, 4.69) is 0 Å². The number of rotatable bonds is 5. The van der Waals surface area contributed by atoms with Crippen molar-refractivity contribution in [2.45, 2.75) is 11.8 Å². The van der Waals surface area contributed by atoms with Gasteiger partial charge in [-0.2, -0.15) is 0 Å². The van der Waals surface area contributed by atoms with Crippen molar-refractivity contribution in [2.24, 2.45) is 0 Å². The highest BCUT2D eigenvalue weighted by Crippen LogP contribution is 2.28. The van der Waals surface area contributed by atoms with Gasteiger partial charge in [0.05, 0.1) is 30.9 Å². The maximum absolute atomic E-state index is 13.0. The molecule has 2 aromatic rings. The third-order valence-corrected chi connectivity index (χ3v) is 6.60. The Hall–Kier alpha value is -2.58. The second-order valence-electron chi connectivity index (χ2n) is 6.55. The van der Waals surface area contributed by atoms with Gasteiger partial charge in [0.25, 0.3) is 15.9 Å². The second-order valence-corrected chi connectivity index (χ2v) is 8.52. The molecule has 1 heterocycles. The van der Waals surface area contributed by atoms with Crippen molar-refractivity contribution in [3.63, 3.8) is 0 Å². The lowest BCUT2D eigenvalue weighted by Gasteiger charge is -2.28. The Bertz CT molecular complexity index is 951. The number of amides is 1. The molecule has 0 unspecified atom stereocenters. The van der Waals surface area contributed by atoms with E-state index in [-0.39, 0.29) is 10.8 Å². The minimum absolute atomic E-state index is 0.125. The van der Waals surface area contributed by atoms with Crippen LogP contribution in [0.3, 0.4) is 0 Å². The van der Waals surface area contributed by atoms with Crippen LogP contribution in [0.25, 0.3) is 0 Å². The van der Waals surface area contributed by atoms with E-state index in [9.17, 15) is 13.2 Å². The third-order valence-electron chi connectivity index (χ3n) is 4.81. The maximum atomic E-state index is 13.0. The van der Waals surface area contributed by atoms with Crippen molar-refractivity contribution < 1.29 is 22.7 Å². The molecule has 0 radical (unpaired) electrons. The van der Waals surface area contributed by atoms with Gasteiger partial charge in [-0.1, -0.05) is 6.07 Å². The molecule has 3 rings (SSSR count). The highest BCUT2D eigenvalue weighted by Gasteiger charge is 2.25. The first kappa shape index (κ1) is 20.2. The summed E-state index contributed by atoms with van der Waals surface area (Å²) in [5.74, 6) is 0.454. The van der Waals surface area contributed by atoms with E-state index in [1.165, 1.54) is 30.6 Å².